The van der Waals surface area contributed by atoms with E-state index in [1.165, 1.54) is 0 Å². The molecule has 3 aromatic rings. The highest BCUT2D eigenvalue weighted by molar-refractivity contribution is 7.84. The molecule has 0 amide bonds. The van der Waals surface area contributed by atoms with E-state index >= 15 is 0 Å². The molecule has 0 aliphatic carbocycles. The Morgan fingerprint density at radius 3 is 2.36 bits per heavy atom. The number of pyridine rings is 1. The summed E-state index contributed by atoms with van der Waals surface area (Å²) in [6, 6.07) is 13.9. The minimum absolute atomic E-state index is 0.0326. The van der Waals surface area contributed by atoms with Crippen LogP contribution in [-0.2, 0) is 17.8 Å². The highest BCUT2D eigenvalue weighted by Gasteiger charge is 2.23. The van der Waals surface area contributed by atoms with E-state index in [-0.39, 0.29) is 5.56 Å². The quantitative estimate of drug-likeness (QED) is 0.273. The van der Waals surface area contributed by atoms with E-state index in [1.807, 2.05) is 63.1 Å². The van der Waals surface area contributed by atoms with Crippen LogP contribution in [0.1, 0.15) is 25.0 Å². The van der Waals surface area contributed by atoms with E-state index in [2.05, 4.69) is 39.3 Å². The SMILES string of the molecule is C=N/N=C(\C(C)=N)N1CCN(c2cc3c(C)cc(C)cc3c(=O)n2C)CC1.CCNc1ccccc1S(C)=O. The number of piperazine rings is 1. The zero-order chi connectivity index (χ0) is 28.7. The molecule has 1 atom stereocenters. The molecule has 0 radical (unpaired) electrons. The Labute approximate surface area is 233 Å². The number of anilines is 2. The lowest BCUT2D eigenvalue weighted by Crippen LogP contribution is -2.51. The molecular weight excluding hydrogens is 510 g/mol. The number of aromatic nitrogens is 1. The van der Waals surface area contributed by atoms with Crippen LogP contribution in [0.15, 0.2) is 62.4 Å². The fraction of sp³-hybridized carbons (Fsp3) is 0.379. The molecule has 1 saturated heterocycles. The molecule has 10 heteroatoms. The van der Waals surface area contributed by atoms with Gasteiger partial charge in [0.15, 0.2) is 5.84 Å². The molecular formula is C29H39N7O2S. The van der Waals surface area contributed by atoms with Gasteiger partial charge in [-0.1, -0.05) is 23.8 Å². The van der Waals surface area contributed by atoms with Gasteiger partial charge in [0.25, 0.3) is 5.56 Å². The third-order valence-corrected chi connectivity index (χ3v) is 7.63. The first-order valence-corrected chi connectivity index (χ1v) is 14.5. The average Bonchev–Trinajstić information content (AvgIpc) is 2.90. The van der Waals surface area contributed by atoms with Crippen molar-refractivity contribution in [2.45, 2.75) is 32.6 Å². The van der Waals surface area contributed by atoms with Crippen LogP contribution in [0, 0.1) is 19.3 Å². The summed E-state index contributed by atoms with van der Waals surface area (Å²) in [4.78, 5) is 18.0. The molecule has 2 N–H and O–H groups in total. The van der Waals surface area contributed by atoms with Crippen LogP contribution >= 0.6 is 0 Å². The lowest BCUT2D eigenvalue weighted by molar-refractivity contribution is 0.385. The van der Waals surface area contributed by atoms with Gasteiger partial charge in [-0.3, -0.25) is 13.6 Å². The maximum absolute atomic E-state index is 12.9. The molecule has 0 spiro atoms. The fourth-order valence-electron chi connectivity index (χ4n) is 4.80. The summed E-state index contributed by atoms with van der Waals surface area (Å²) < 4.78 is 12.9. The van der Waals surface area contributed by atoms with Gasteiger partial charge in [0.05, 0.1) is 27.1 Å². The minimum Gasteiger partial charge on any atom is -0.384 e. The van der Waals surface area contributed by atoms with Crippen molar-refractivity contribution in [3.63, 3.8) is 0 Å². The van der Waals surface area contributed by atoms with Gasteiger partial charge in [0, 0.05) is 58.1 Å². The van der Waals surface area contributed by atoms with Crippen LogP contribution in [0.25, 0.3) is 10.8 Å². The summed E-state index contributed by atoms with van der Waals surface area (Å²) in [5.74, 6) is 1.48. The summed E-state index contributed by atoms with van der Waals surface area (Å²) >= 11 is 0. The molecule has 2 aromatic carbocycles. The maximum atomic E-state index is 12.9. The summed E-state index contributed by atoms with van der Waals surface area (Å²) in [5.41, 5.74) is 3.60. The number of nitrogens with zero attached hydrogens (tertiary/aromatic N) is 5. The summed E-state index contributed by atoms with van der Waals surface area (Å²) in [6.45, 7) is 15.0. The molecule has 1 fully saturated rings. The third kappa shape index (κ3) is 7.00. The van der Waals surface area contributed by atoms with Crippen molar-refractivity contribution < 1.29 is 4.21 Å². The molecule has 0 bridgehead atoms. The van der Waals surface area contributed by atoms with Gasteiger partial charge >= 0.3 is 0 Å². The Morgan fingerprint density at radius 1 is 1.10 bits per heavy atom. The highest BCUT2D eigenvalue weighted by atomic mass is 32.2. The highest BCUT2D eigenvalue weighted by Crippen LogP contribution is 2.24. The minimum atomic E-state index is -0.904. The Kier molecular flexibility index (Phi) is 10.2. The summed E-state index contributed by atoms with van der Waals surface area (Å²) in [7, 11) is 0.926. The number of benzene rings is 2. The van der Waals surface area contributed by atoms with Gasteiger partial charge < -0.3 is 20.5 Å². The van der Waals surface area contributed by atoms with Crippen molar-refractivity contribution in [3.8, 4) is 0 Å². The largest absolute Gasteiger partial charge is 0.384 e. The lowest BCUT2D eigenvalue weighted by atomic mass is 10.0. The van der Waals surface area contributed by atoms with E-state index in [4.69, 9.17) is 5.41 Å². The van der Waals surface area contributed by atoms with E-state index < -0.39 is 10.8 Å². The fourth-order valence-corrected chi connectivity index (χ4v) is 5.53. The monoisotopic (exact) mass is 549 g/mol. The molecule has 1 unspecified atom stereocenters. The number of hydrogen-bond donors (Lipinski definition) is 2. The molecule has 1 aliphatic rings. The number of nitrogens with one attached hydrogen (secondary N) is 2. The summed E-state index contributed by atoms with van der Waals surface area (Å²) in [5, 5.41) is 20.4. The van der Waals surface area contributed by atoms with Crippen LogP contribution in [0.4, 0.5) is 11.5 Å². The number of rotatable bonds is 6. The average molecular weight is 550 g/mol. The molecule has 4 rings (SSSR count). The van der Waals surface area contributed by atoms with E-state index in [1.54, 1.807) is 17.7 Å². The van der Waals surface area contributed by atoms with Crippen LogP contribution in [0.2, 0.25) is 0 Å². The second kappa shape index (κ2) is 13.3. The first kappa shape index (κ1) is 29.8. The normalized spacial score (nSPS) is 14.5. The zero-order valence-corrected chi connectivity index (χ0v) is 24.6. The van der Waals surface area contributed by atoms with Gasteiger partial charge in [-0.05, 0) is 62.9 Å². The molecule has 1 aromatic heterocycles. The van der Waals surface area contributed by atoms with Crippen molar-refractivity contribution in [2.24, 2.45) is 17.3 Å². The molecule has 9 nitrogen and oxygen atoms in total. The van der Waals surface area contributed by atoms with Crippen molar-refractivity contribution >= 4 is 51.3 Å². The molecule has 39 heavy (non-hydrogen) atoms. The summed E-state index contributed by atoms with van der Waals surface area (Å²) in [6.07, 6.45) is 1.69. The van der Waals surface area contributed by atoms with Crippen LogP contribution in [-0.4, -0.2) is 70.9 Å². The first-order valence-electron chi connectivity index (χ1n) is 12.9. The number of amidine groups is 1. The number of para-hydroxylation sites is 1. The topological polar surface area (TPSA) is 106 Å². The van der Waals surface area contributed by atoms with E-state index in [0.717, 1.165) is 57.9 Å². The lowest BCUT2D eigenvalue weighted by Gasteiger charge is -2.37. The number of aryl methyl sites for hydroxylation is 2. The molecule has 1 aliphatic heterocycles. The Morgan fingerprint density at radius 2 is 1.77 bits per heavy atom. The third-order valence-electron chi connectivity index (χ3n) is 6.65. The Balaban J connectivity index is 0.000000293. The Bertz CT molecular complexity index is 1470. The molecule has 2 heterocycles. The predicted octanol–water partition coefficient (Wildman–Crippen LogP) is 4.19. The van der Waals surface area contributed by atoms with Gasteiger partial charge in [0.1, 0.15) is 5.82 Å². The number of fused-ring (bicyclic) bond motifs is 1. The van der Waals surface area contributed by atoms with E-state index in [0.29, 0.717) is 24.6 Å². The number of hydrogen-bond acceptors (Lipinski definition) is 7. The van der Waals surface area contributed by atoms with Crippen molar-refractivity contribution in [2.75, 3.05) is 49.2 Å². The van der Waals surface area contributed by atoms with Gasteiger partial charge in [-0.15, -0.1) is 5.10 Å². The van der Waals surface area contributed by atoms with Gasteiger partial charge in [-0.2, -0.15) is 5.10 Å². The Hall–Kier alpha value is -3.79. The van der Waals surface area contributed by atoms with E-state index in [9.17, 15) is 9.00 Å². The standard InChI is InChI=1S/C20H26N6O.C9H13NOS/c1-13-10-14(2)16-12-18(24(5)20(27)17(16)11-13)25-6-8-26(9-7-25)19(15(3)21)23-22-4;1-3-10-8-6-4-5-7-9(8)12(2)11/h10-12,21H,4,6-9H2,1-3,5H3;4-7,10H,3H2,1-2H3/b21-15?,23-19+;. The molecule has 208 valence electrons. The van der Waals surface area contributed by atoms with Crippen molar-refractivity contribution in [1.82, 2.24) is 9.47 Å². The van der Waals surface area contributed by atoms with Gasteiger partial charge in [0.2, 0.25) is 0 Å². The van der Waals surface area contributed by atoms with Crippen LogP contribution in [0.3, 0.4) is 0 Å². The van der Waals surface area contributed by atoms with Crippen molar-refractivity contribution in [3.05, 3.63) is 63.9 Å². The zero-order valence-electron chi connectivity index (χ0n) is 23.7. The molecule has 0 saturated carbocycles. The first-order chi connectivity index (χ1) is 18.6. The second-order valence-corrected chi connectivity index (χ2v) is 10.9. The van der Waals surface area contributed by atoms with Crippen LogP contribution < -0.4 is 15.8 Å². The smallest absolute Gasteiger partial charge is 0.259 e. The van der Waals surface area contributed by atoms with Crippen LogP contribution in [0.5, 0.6) is 0 Å². The maximum Gasteiger partial charge on any atom is 0.259 e. The second-order valence-electron chi connectivity index (χ2n) is 9.55. The van der Waals surface area contributed by atoms with Gasteiger partial charge in [-0.25, -0.2) is 0 Å². The van der Waals surface area contributed by atoms with Crippen molar-refractivity contribution in [1.29, 1.82) is 5.41 Å². The predicted molar refractivity (Wildman–Crippen MR) is 166 cm³/mol.